The van der Waals surface area contributed by atoms with Gasteiger partial charge in [0.1, 0.15) is 5.75 Å². The Labute approximate surface area is 122 Å². The molecule has 1 amide bonds. The normalized spacial score (nSPS) is 11.7. The number of aromatic hydroxyl groups is 1. The van der Waals surface area contributed by atoms with Crippen molar-refractivity contribution in [2.45, 2.75) is 13.8 Å². The molecule has 0 unspecified atom stereocenters. The average Bonchev–Trinajstić information content (AvgIpc) is 2.27. The van der Waals surface area contributed by atoms with Crippen molar-refractivity contribution < 1.29 is 9.90 Å². The molecule has 0 bridgehead atoms. The predicted octanol–water partition coefficient (Wildman–Crippen LogP) is 2.47. The topological polar surface area (TPSA) is 52.6 Å². The average molecular weight is 329 g/mol. The Morgan fingerprint density at radius 3 is 2.63 bits per heavy atom. The van der Waals surface area contributed by atoms with E-state index in [1.807, 2.05) is 14.1 Å². The summed E-state index contributed by atoms with van der Waals surface area (Å²) < 4.78 is 0.767. The van der Waals surface area contributed by atoms with Gasteiger partial charge in [0.05, 0.1) is 5.56 Å². The van der Waals surface area contributed by atoms with Crippen molar-refractivity contribution in [2.24, 2.45) is 5.41 Å². The van der Waals surface area contributed by atoms with E-state index in [0.29, 0.717) is 6.54 Å². The summed E-state index contributed by atoms with van der Waals surface area (Å²) in [6.45, 7) is 5.61. The Bertz CT molecular complexity index is 459. The number of phenols is 1. The molecule has 0 fully saturated rings. The second-order valence-electron chi connectivity index (χ2n) is 5.75. The minimum Gasteiger partial charge on any atom is -0.507 e. The molecule has 1 aromatic rings. The molecule has 2 N–H and O–H groups in total. The summed E-state index contributed by atoms with van der Waals surface area (Å²) in [5.74, 6) is -0.267. The van der Waals surface area contributed by atoms with E-state index in [0.717, 1.165) is 11.0 Å². The zero-order chi connectivity index (χ0) is 14.6. The standard InChI is InChI=1S/C14H21BrN2O2/c1-14(2,9-17(3)4)8-16-13(19)11-7-10(15)5-6-12(11)18/h5-7,18H,8-9H2,1-4H3,(H,16,19). The molecule has 19 heavy (non-hydrogen) atoms. The summed E-state index contributed by atoms with van der Waals surface area (Å²) in [5.41, 5.74) is 0.260. The summed E-state index contributed by atoms with van der Waals surface area (Å²) in [5, 5.41) is 12.6. The number of nitrogens with one attached hydrogen (secondary N) is 1. The van der Waals surface area contributed by atoms with Crippen LogP contribution in [0.25, 0.3) is 0 Å². The maximum absolute atomic E-state index is 12.0. The molecule has 0 spiro atoms. The number of halogens is 1. The van der Waals surface area contributed by atoms with Gasteiger partial charge >= 0.3 is 0 Å². The van der Waals surface area contributed by atoms with Gasteiger partial charge in [-0.25, -0.2) is 0 Å². The lowest BCUT2D eigenvalue weighted by Gasteiger charge is -2.28. The number of rotatable bonds is 5. The fourth-order valence-electron chi connectivity index (χ4n) is 2.02. The van der Waals surface area contributed by atoms with E-state index in [1.165, 1.54) is 6.07 Å². The Hall–Kier alpha value is -1.07. The van der Waals surface area contributed by atoms with Crippen molar-refractivity contribution in [3.05, 3.63) is 28.2 Å². The zero-order valence-electron chi connectivity index (χ0n) is 11.8. The SMILES string of the molecule is CN(C)CC(C)(C)CNC(=O)c1cc(Br)ccc1O. The second-order valence-corrected chi connectivity index (χ2v) is 6.66. The Balaban J connectivity index is 2.68. The molecule has 0 saturated carbocycles. The van der Waals surface area contributed by atoms with E-state index in [-0.39, 0.29) is 22.6 Å². The molecule has 1 aromatic carbocycles. The third-order valence-electron chi connectivity index (χ3n) is 2.67. The molecule has 0 radical (unpaired) electrons. The van der Waals surface area contributed by atoms with Crippen LogP contribution in [0.4, 0.5) is 0 Å². The van der Waals surface area contributed by atoms with Gasteiger partial charge in [0.25, 0.3) is 5.91 Å². The molecule has 0 heterocycles. The highest BCUT2D eigenvalue weighted by molar-refractivity contribution is 9.10. The van der Waals surface area contributed by atoms with Gasteiger partial charge in [0.15, 0.2) is 0 Å². The van der Waals surface area contributed by atoms with Gasteiger partial charge in [-0.05, 0) is 37.7 Å². The summed E-state index contributed by atoms with van der Waals surface area (Å²) in [6, 6.07) is 4.82. The predicted molar refractivity (Wildman–Crippen MR) is 80.5 cm³/mol. The monoisotopic (exact) mass is 328 g/mol. The number of carbonyl (C=O) groups is 1. The van der Waals surface area contributed by atoms with Crippen molar-refractivity contribution in [2.75, 3.05) is 27.2 Å². The van der Waals surface area contributed by atoms with Crippen LogP contribution in [0.2, 0.25) is 0 Å². The number of nitrogens with zero attached hydrogens (tertiary/aromatic N) is 1. The van der Waals surface area contributed by atoms with Crippen LogP contribution in [0.1, 0.15) is 24.2 Å². The highest BCUT2D eigenvalue weighted by Gasteiger charge is 2.21. The molecule has 106 valence electrons. The first-order chi connectivity index (χ1) is 8.71. The highest BCUT2D eigenvalue weighted by Crippen LogP contribution is 2.22. The lowest BCUT2D eigenvalue weighted by atomic mass is 9.93. The first kappa shape index (κ1) is 16.0. The Morgan fingerprint density at radius 2 is 2.05 bits per heavy atom. The number of carbonyl (C=O) groups excluding carboxylic acids is 1. The highest BCUT2D eigenvalue weighted by atomic mass is 79.9. The maximum atomic E-state index is 12.0. The molecular formula is C14H21BrN2O2. The summed E-state index contributed by atoms with van der Waals surface area (Å²) in [4.78, 5) is 14.1. The summed E-state index contributed by atoms with van der Waals surface area (Å²) in [6.07, 6.45) is 0. The molecular weight excluding hydrogens is 308 g/mol. The van der Waals surface area contributed by atoms with Crippen molar-refractivity contribution >= 4 is 21.8 Å². The largest absolute Gasteiger partial charge is 0.507 e. The van der Waals surface area contributed by atoms with E-state index >= 15 is 0 Å². The summed E-state index contributed by atoms with van der Waals surface area (Å²) in [7, 11) is 4.01. The van der Waals surface area contributed by atoms with Gasteiger partial charge < -0.3 is 15.3 Å². The van der Waals surface area contributed by atoms with Gasteiger partial charge in [-0.3, -0.25) is 4.79 Å². The third-order valence-corrected chi connectivity index (χ3v) is 3.17. The Morgan fingerprint density at radius 1 is 1.42 bits per heavy atom. The van der Waals surface area contributed by atoms with Crippen LogP contribution in [-0.4, -0.2) is 43.1 Å². The van der Waals surface area contributed by atoms with Crippen molar-refractivity contribution in [1.82, 2.24) is 10.2 Å². The molecule has 4 nitrogen and oxygen atoms in total. The molecule has 0 aliphatic carbocycles. The molecule has 5 heteroatoms. The van der Waals surface area contributed by atoms with Gasteiger partial charge in [-0.1, -0.05) is 29.8 Å². The van der Waals surface area contributed by atoms with Crippen LogP contribution in [-0.2, 0) is 0 Å². The van der Waals surface area contributed by atoms with Crippen LogP contribution < -0.4 is 5.32 Å². The maximum Gasteiger partial charge on any atom is 0.255 e. The fraction of sp³-hybridized carbons (Fsp3) is 0.500. The molecule has 0 aromatic heterocycles. The number of amides is 1. The lowest BCUT2D eigenvalue weighted by Crippen LogP contribution is -2.40. The van der Waals surface area contributed by atoms with Crippen molar-refractivity contribution in [1.29, 1.82) is 0 Å². The first-order valence-corrected chi connectivity index (χ1v) is 6.92. The van der Waals surface area contributed by atoms with Crippen LogP contribution in [0, 0.1) is 5.41 Å². The summed E-state index contributed by atoms with van der Waals surface area (Å²) >= 11 is 3.29. The smallest absolute Gasteiger partial charge is 0.255 e. The van der Waals surface area contributed by atoms with Crippen LogP contribution in [0.15, 0.2) is 22.7 Å². The van der Waals surface area contributed by atoms with Crippen molar-refractivity contribution in [3.63, 3.8) is 0 Å². The zero-order valence-corrected chi connectivity index (χ0v) is 13.4. The van der Waals surface area contributed by atoms with Gasteiger partial charge in [-0.15, -0.1) is 0 Å². The number of benzene rings is 1. The molecule has 0 atom stereocenters. The second kappa shape index (κ2) is 6.39. The number of hydrogen-bond acceptors (Lipinski definition) is 3. The Kier molecular flexibility index (Phi) is 5.38. The first-order valence-electron chi connectivity index (χ1n) is 6.13. The third kappa shape index (κ3) is 5.20. The number of phenolic OH excluding ortho intramolecular Hbond substituents is 1. The molecule has 0 aliphatic rings. The number of hydrogen-bond donors (Lipinski definition) is 2. The van der Waals surface area contributed by atoms with E-state index in [4.69, 9.17) is 0 Å². The molecule has 1 rings (SSSR count). The van der Waals surface area contributed by atoms with Gasteiger partial charge in [-0.2, -0.15) is 0 Å². The van der Waals surface area contributed by atoms with E-state index in [1.54, 1.807) is 12.1 Å². The van der Waals surface area contributed by atoms with Crippen LogP contribution >= 0.6 is 15.9 Å². The minimum absolute atomic E-state index is 0.00823. The van der Waals surface area contributed by atoms with Crippen LogP contribution in [0.3, 0.4) is 0 Å². The van der Waals surface area contributed by atoms with Crippen LogP contribution in [0.5, 0.6) is 5.75 Å². The fourth-order valence-corrected chi connectivity index (χ4v) is 2.38. The minimum atomic E-state index is -0.259. The molecule has 0 saturated heterocycles. The molecule has 0 aliphatic heterocycles. The van der Waals surface area contributed by atoms with E-state index < -0.39 is 0 Å². The quantitative estimate of drug-likeness (QED) is 0.873. The van der Waals surface area contributed by atoms with Gasteiger partial charge in [0, 0.05) is 17.6 Å². The van der Waals surface area contributed by atoms with E-state index in [2.05, 4.69) is 40.0 Å². The van der Waals surface area contributed by atoms with Crippen molar-refractivity contribution in [3.8, 4) is 5.75 Å². The van der Waals surface area contributed by atoms with Gasteiger partial charge in [0.2, 0.25) is 0 Å². The van der Waals surface area contributed by atoms with E-state index in [9.17, 15) is 9.90 Å². The lowest BCUT2D eigenvalue weighted by molar-refractivity contribution is 0.0926.